The molecule has 0 amide bonds. The van der Waals surface area contributed by atoms with Crippen molar-refractivity contribution in [1.29, 1.82) is 0 Å². The van der Waals surface area contributed by atoms with Crippen LogP contribution in [-0.2, 0) is 14.3 Å². The second-order valence-corrected chi connectivity index (χ2v) is 4.48. The van der Waals surface area contributed by atoms with Crippen LogP contribution in [-0.4, -0.2) is 23.1 Å². The summed E-state index contributed by atoms with van der Waals surface area (Å²) in [5.74, 6) is -1.12. The number of rotatable bonds is 3. The molecule has 3 unspecified atom stereocenters. The molecule has 86 valence electrons. The van der Waals surface area contributed by atoms with Crippen molar-refractivity contribution in [3.8, 4) is 0 Å². The SMILES string of the molecule is C=C(C)C(=O)OC1CC2CC1C=C2C(=O)O. The largest absolute Gasteiger partial charge is 0.478 e. The van der Waals surface area contributed by atoms with Crippen LogP contribution >= 0.6 is 0 Å². The highest BCUT2D eigenvalue weighted by Crippen LogP contribution is 2.45. The van der Waals surface area contributed by atoms with Crippen molar-refractivity contribution >= 4 is 11.9 Å². The van der Waals surface area contributed by atoms with Crippen molar-refractivity contribution in [2.45, 2.75) is 25.9 Å². The summed E-state index contributed by atoms with van der Waals surface area (Å²) >= 11 is 0. The van der Waals surface area contributed by atoms with Gasteiger partial charge in [-0.2, -0.15) is 0 Å². The average Bonchev–Trinajstić information content (AvgIpc) is 2.75. The van der Waals surface area contributed by atoms with Crippen molar-refractivity contribution in [3.63, 3.8) is 0 Å². The van der Waals surface area contributed by atoms with Crippen molar-refractivity contribution in [1.82, 2.24) is 0 Å². The first-order valence-corrected chi connectivity index (χ1v) is 5.30. The number of carbonyl (C=O) groups excluding carboxylic acids is 1. The Morgan fingerprint density at radius 2 is 2.19 bits per heavy atom. The minimum Gasteiger partial charge on any atom is -0.478 e. The maximum atomic E-state index is 11.3. The molecule has 2 aliphatic carbocycles. The molecule has 4 heteroatoms. The zero-order valence-electron chi connectivity index (χ0n) is 9.10. The van der Waals surface area contributed by atoms with Gasteiger partial charge in [0.1, 0.15) is 6.10 Å². The zero-order valence-corrected chi connectivity index (χ0v) is 9.10. The lowest BCUT2D eigenvalue weighted by molar-refractivity contribution is -0.145. The fourth-order valence-electron chi connectivity index (χ4n) is 2.45. The standard InChI is InChI=1S/C12H14O4/c1-6(2)12(15)16-10-5-7-3-8(10)4-9(7)11(13)14/h4,7-8,10H,1,3,5H2,2H3,(H,13,14). The van der Waals surface area contributed by atoms with Crippen molar-refractivity contribution in [3.05, 3.63) is 23.8 Å². The fraction of sp³-hybridized carbons (Fsp3) is 0.500. The molecule has 2 bridgehead atoms. The van der Waals surface area contributed by atoms with Crippen molar-refractivity contribution < 1.29 is 19.4 Å². The summed E-state index contributed by atoms with van der Waals surface area (Å²) in [7, 11) is 0. The number of carbonyl (C=O) groups is 2. The molecule has 16 heavy (non-hydrogen) atoms. The minimum atomic E-state index is -0.850. The summed E-state index contributed by atoms with van der Waals surface area (Å²) in [5, 5.41) is 8.90. The minimum absolute atomic E-state index is 0.0467. The van der Waals surface area contributed by atoms with Gasteiger partial charge in [0.25, 0.3) is 0 Å². The van der Waals surface area contributed by atoms with Crippen LogP contribution in [0.25, 0.3) is 0 Å². The number of esters is 1. The quantitative estimate of drug-likeness (QED) is 0.581. The molecule has 0 radical (unpaired) electrons. The van der Waals surface area contributed by atoms with E-state index in [0.717, 1.165) is 6.42 Å². The molecule has 0 aliphatic heterocycles. The van der Waals surface area contributed by atoms with E-state index in [1.807, 2.05) is 0 Å². The van der Waals surface area contributed by atoms with E-state index in [9.17, 15) is 9.59 Å². The van der Waals surface area contributed by atoms with Gasteiger partial charge < -0.3 is 9.84 Å². The van der Waals surface area contributed by atoms with Crippen LogP contribution in [0.4, 0.5) is 0 Å². The smallest absolute Gasteiger partial charge is 0.333 e. The van der Waals surface area contributed by atoms with Crippen LogP contribution in [0.5, 0.6) is 0 Å². The van der Waals surface area contributed by atoms with E-state index in [2.05, 4.69) is 6.58 Å². The third-order valence-electron chi connectivity index (χ3n) is 3.24. The van der Waals surface area contributed by atoms with E-state index >= 15 is 0 Å². The second kappa shape index (κ2) is 3.77. The Balaban J connectivity index is 2.02. The van der Waals surface area contributed by atoms with Gasteiger partial charge in [0.15, 0.2) is 0 Å². The predicted molar refractivity (Wildman–Crippen MR) is 56.6 cm³/mol. The van der Waals surface area contributed by atoms with Crippen LogP contribution in [0.2, 0.25) is 0 Å². The van der Waals surface area contributed by atoms with E-state index < -0.39 is 5.97 Å². The number of carboxylic acid groups (broad SMARTS) is 1. The number of carboxylic acids is 1. The van der Waals surface area contributed by atoms with Gasteiger partial charge in [-0.3, -0.25) is 0 Å². The maximum absolute atomic E-state index is 11.3. The van der Waals surface area contributed by atoms with Gasteiger partial charge in [0.05, 0.1) is 0 Å². The Labute approximate surface area is 93.6 Å². The summed E-state index contributed by atoms with van der Waals surface area (Å²) in [6, 6.07) is 0. The highest BCUT2D eigenvalue weighted by atomic mass is 16.5. The van der Waals surface area contributed by atoms with Crippen LogP contribution in [0.15, 0.2) is 23.8 Å². The van der Waals surface area contributed by atoms with Gasteiger partial charge in [-0.15, -0.1) is 0 Å². The molecule has 0 aromatic heterocycles. The normalized spacial score (nSPS) is 31.1. The van der Waals surface area contributed by atoms with Crippen molar-refractivity contribution in [2.75, 3.05) is 0 Å². The maximum Gasteiger partial charge on any atom is 0.333 e. The average molecular weight is 222 g/mol. The summed E-state index contributed by atoms with van der Waals surface area (Å²) in [5.41, 5.74) is 0.859. The van der Waals surface area contributed by atoms with E-state index in [-0.39, 0.29) is 23.9 Å². The molecular formula is C12H14O4. The Kier molecular flexibility index (Phi) is 2.58. The number of hydrogen-bond donors (Lipinski definition) is 1. The summed E-state index contributed by atoms with van der Waals surface area (Å²) in [4.78, 5) is 22.2. The first kappa shape index (κ1) is 10.9. The van der Waals surface area contributed by atoms with E-state index in [0.29, 0.717) is 17.6 Å². The number of hydrogen-bond acceptors (Lipinski definition) is 3. The number of ether oxygens (including phenoxy) is 1. The molecule has 0 aromatic carbocycles. The molecule has 0 heterocycles. The van der Waals surface area contributed by atoms with Crippen LogP contribution in [0, 0.1) is 11.8 Å². The third-order valence-corrected chi connectivity index (χ3v) is 3.24. The Morgan fingerprint density at radius 3 is 2.62 bits per heavy atom. The van der Waals surface area contributed by atoms with E-state index in [1.54, 1.807) is 13.0 Å². The van der Waals surface area contributed by atoms with Crippen LogP contribution in [0.1, 0.15) is 19.8 Å². The molecule has 2 rings (SSSR count). The zero-order chi connectivity index (χ0) is 11.9. The van der Waals surface area contributed by atoms with Gasteiger partial charge in [-0.25, -0.2) is 9.59 Å². The third kappa shape index (κ3) is 1.75. The lowest BCUT2D eigenvalue weighted by atomic mass is 9.97. The number of fused-ring (bicyclic) bond motifs is 2. The Morgan fingerprint density at radius 1 is 1.50 bits per heavy atom. The summed E-state index contributed by atoms with van der Waals surface area (Å²) < 4.78 is 5.26. The molecule has 2 aliphatic rings. The Hall–Kier alpha value is -1.58. The van der Waals surface area contributed by atoms with Gasteiger partial charge in [0.2, 0.25) is 0 Å². The molecule has 0 spiro atoms. The first-order chi connectivity index (χ1) is 7.49. The molecule has 4 nitrogen and oxygen atoms in total. The molecule has 1 fully saturated rings. The second-order valence-electron chi connectivity index (χ2n) is 4.48. The molecule has 0 aromatic rings. The van der Waals surface area contributed by atoms with Crippen LogP contribution < -0.4 is 0 Å². The van der Waals surface area contributed by atoms with Gasteiger partial charge in [-0.05, 0) is 25.7 Å². The van der Waals surface area contributed by atoms with Gasteiger partial charge in [0, 0.05) is 17.1 Å². The molecule has 3 atom stereocenters. The predicted octanol–water partition coefficient (Wildman–Crippen LogP) is 1.53. The highest BCUT2D eigenvalue weighted by Gasteiger charge is 2.44. The monoisotopic (exact) mass is 222 g/mol. The molecular weight excluding hydrogens is 208 g/mol. The van der Waals surface area contributed by atoms with Gasteiger partial charge >= 0.3 is 11.9 Å². The van der Waals surface area contributed by atoms with Crippen molar-refractivity contribution in [2.24, 2.45) is 11.8 Å². The lowest BCUT2D eigenvalue weighted by Gasteiger charge is -2.20. The van der Waals surface area contributed by atoms with Gasteiger partial charge in [-0.1, -0.05) is 12.7 Å². The van der Waals surface area contributed by atoms with E-state index in [4.69, 9.17) is 9.84 Å². The van der Waals surface area contributed by atoms with Crippen LogP contribution in [0.3, 0.4) is 0 Å². The van der Waals surface area contributed by atoms with E-state index in [1.165, 1.54) is 0 Å². The summed E-state index contributed by atoms with van der Waals surface area (Å²) in [6.07, 6.45) is 2.97. The highest BCUT2D eigenvalue weighted by molar-refractivity contribution is 5.89. The fourth-order valence-corrected chi connectivity index (χ4v) is 2.45. The molecule has 1 N–H and O–H groups in total. The Bertz CT molecular complexity index is 394. The summed E-state index contributed by atoms with van der Waals surface area (Å²) in [6.45, 7) is 5.12. The first-order valence-electron chi connectivity index (χ1n) is 5.30. The molecule has 0 saturated heterocycles. The topological polar surface area (TPSA) is 63.6 Å². The number of aliphatic carboxylic acids is 1. The lowest BCUT2D eigenvalue weighted by Crippen LogP contribution is -2.24. The molecule has 1 saturated carbocycles.